The number of aryl methyl sites for hydroxylation is 1. The Kier molecular flexibility index (Phi) is 5.79. The SMILES string of the molecule is COc1ccc(C(C)NC(=O)CCc2ccc3nc(C(C)C)[nH]c3c2)cc1. The van der Waals surface area contributed by atoms with Gasteiger partial charge >= 0.3 is 0 Å². The lowest BCUT2D eigenvalue weighted by molar-refractivity contribution is -0.121. The van der Waals surface area contributed by atoms with E-state index >= 15 is 0 Å². The number of methoxy groups -OCH3 is 1. The molecule has 5 nitrogen and oxygen atoms in total. The normalized spacial score (nSPS) is 12.3. The molecule has 0 radical (unpaired) electrons. The lowest BCUT2D eigenvalue weighted by Crippen LogP contribution is -2.26. The van der Waals surface area contributed by atoms with Crippen molar-refractivity contribution in [1.29, 1.82) is 0 Å². The van der Waals surface area contributed by atoms with Gasteiger partial charge in [-0.05, 0) is 48.7 Å². The minimum absolute atomic E-state index is 0.0351. The molecule has 1 atom stereocenters. The fourth-order valence-corrected chi connectivity index (χ4v) is 3.05. The molecule has 5 heteroatoms. The fourth-order valence-electron chi connectivity index (χ4n) is 3.05. The molecular weight excluding hydrogens is 338 g/mol. The van der Waals surface area contributed by atoms with Gasteiger partial charge in [0, 0.05) is 12.3 Å². The predicted molar refractivity (Wildman–Crippen MR) is 108 cm³/mol. The molecule has 2 aromatic carbocycles. The number of rotatable bonds is 7. The average Bonchev–Trinajstić information content (AvgIpc) is 3.10. The van der Waals surface area contributed by atoms with Crippen molar-refractivity contribution < 1.29 is 9.53 Å². The maximum atomic E-state index is 12.3. The van der Waals surface area contributed by atoms with Crippen LogP contribution in [-0.4, -0.2) is 23.0 Å². The summed E-state index contributed by atoms with van der Waals surface area (Å²) < 4.78 is 5.17. The van der Waals surface area contributed by atoms with E-state index in [1.165, 1.54) is 0 Å². The molecule has 0 bridgehead atoms. The van der Waals surface area contributed by atoms with Crippen molar-refractivity contribution in [3.05, 3.63) is 59.4 Å². The Hall–Kier alpha value is -2.82. The first kappa shape index (κ1) is 19.0. The van der Waals surface area contributed by atoms with Crippen molar-refractivity contribution in [3.63, 3.8) is 0 Å². The molecule has 1 heterocycles. The van der Waals surface area contributed by atoms with E-state index in [0.717, 1.165) is 33.7 Å². The maximum Gasteiger partial charge on any atom is 0.220 e. The van der Waals surface area contributed by atoms with Crippen LogP contribution in [0.4, 0.5) is 0 Å². The molecule has 27 heavy (non-hydrogen) atoms. The number of benzene rings is 2. The third-order valence-corrected chi connectivity index (χ3v) is 4.75. The number of hydrogen-bond acceptors (Lipinski definition) is 3. The number of fused-ring (bicyclic) bond motifs is 1. The molecule has 1 aromatic heterocycles. The molecule has 0 aliphatic heterocycles. The summed E-state index contributed by atoms with van der Waals surface area (Å²) in [5, 5.41) is 3.06. The Morgan fingerprint density at radius 3 is 2.56 bits per heavy atom. The number of nitrogens with one attached hydrogen (secondary N) is 2. The van der Waals surface area contributed by atoms with Crippen LogP contribution >= 0.6 is 0 Å². The van der Waals surface area contributed by atoms with Gasteiger partial charge in [0.05, 0.1) is 24.2 Å². The number of nitrogens with zero attached hydrogens (tertiary/aromatic N) is 1. The number of aromatic amines is 1. The summed E-state index contributed by atoms with van der Waals surface area (Å²) in [5.41, 5.74) is 4.20. The number of carbonyl (C=O) groups excluding carboxylic acids is 1. The van der Waals surface area contributed by atoms with Gasteiger partial charge in [-0.1, -0.05) is 32.0 Å². The van der Waals surface area contributed by atoms with Gasteiger partial charge in [-0.25, -0.2) is 4.98 Å². The highest BCUT2D eigenvalue weighted by Crippen LogP contribution is 2.20. The molecule has 0 aliphatic carbocycles. The van der Waals surface area contributed by atoms with Crippen LogP contribution < -0.4 is 10.1 Å². The van der Waals surface area contributed by atoms with Crippen molar-refractivity contribution in [2.45, 2.75) is 45.6 Å². The molecule has 3 rings (SSSR count). The van der Waals surface area contributed by atoms with E-state index in [-0.39, 0.29) is 11.9 Å². The molecule has 1 amide bonds. The van der Waals surface area contributed by atoms with Gasteiger partial charge < -0.3 is 15.0 Å². The van der Waals surface area contributed by atoms with Crippen LogP contribution in [0.1, 0.15) is 56.1 Å². The van der Waals surface area contributed by atoms with Gasteiger partial charge in [-0.15, -0.1) is 0 Å². The highest BCUT2D eigenvalue weighted by atomic mass is 16.5. The maximum absolute atomic E-state index is 12.3. The summed E-state index contributed by atoms with van der Waals surface area (Å²) in [6, 6.07) is 13.9. The summed E-state index contributed by atoms with van der Waals surface area (Å²) in [6.45, 7) is 6.23. The van der Waals surface area contributed by atoms with Gasteiger partial charge in [0.1, 0.15) is 11.6 Å². The van der Waals surface area contributed by atoms with Crippen molar-refractivity contribution in [2.75, 3.05) is 7.11 Å². The summed E-state index contributed by atoms with van der Waals surface area (Å²) in [7, 11) is 1.64. The van der Waals surface area contributed by atoms with Crippen molar-refractivity contribution in [2.24, 2.45) is 0 Å². The quantitative estimate of drug-likeness (QED) is 0.647. The van der Waals surface area contributed by atoms with Gasteiger partial charge in [0.15, 0.2) is 0 Å². The Morgan fingerprint density at radius 1 is 1.15 bits per heavy atom. The minimum atomic E-state index is -0.0351. The molecule has 1 unspecified atom stereocenters. The van der Waals surface area contributed by atoms with Gasteiger partial charge in [0.2, 0.25) is 5.91 Å². The molecule has 2 N–H and O–H groups in total. The first-order chi connectivity index (χ1) is 13.0. The van der Waals surface area contributed by atoms with E-state index < -0.39 is 0 Å². The third kappa shape index (κ3) is 4.67. The summed E-state index contributed by atoms with van der Waals surface area (Å²) in [5.74, 6) is 2.22. The zero-order valence-corrected chi connectivity index (χ0v) is 16.4. The van der Waals surface area contributed by atoms with E-state index in [0.29, 0.717) is 18.8 Å². The Balaban J connectivity index is 1.57. The summed E-state index contributed by atoms with van der Waals surface area (Å²) in [4.78, 5) is 20.3. The Morgan fingerprint density at radius 2 is 1.89 bits per heavy atom. The standard InChI is InChI=1S/C22H27N3O2/c1-14(2)22-24-19-11-5-16(13-20(19)25-22)6-12-21(26)23-15(3)17-7-9-18(27-4)10-8-17/h5,7-11,13-15H,6,12H2,1-4H3,(H,23,26)(H,24,25). The minimum Gasteiger partial charge on any atom is -0.497 e. The van der Waals surface area contributed by atoms with E-state index in [4.69, 9.17) is 4.74 Å². The molecule has 0 fully saturated rings. The molecule has 0 saturated heterocycles. The number of aromatic nitrogens is 2. The first-order valence-corrected chi connectivity index (χ1v) is 9.38. The van der Waals surface area contributed by atoms with E-state index in [1.807, 2.05) is 43.3 Å². The second-order valence-corrected chi connectivity index (χ2v) is 7.19. The van der Waals surface area contributed by atoms with Crippen LogP contribution in [0.5, 0.6) is 5.75 Å². The van der Waals surface area contributed by atoms with Gasteiger partial charge in [-0.2, -0.15) is 0 Å². The summed E-state index contributed by atoms with van der Waals surface area (Å²) >= 11 is 0. The van der Waals surface area contributed by atoms with Gasteiger partial charge in [-0.3, -0.25) is 4.79 Å². The van der Waals surface area contributed by atoms with Crippen LogP contribution in [0, 0.1) is 0 Å². The zero-order chi connectivity index (χ0) is 19.4. The second kappa shape index (κ2) is 8.25. The number of H-pyrrole nitrogens is 1. The molecule has 0 saturated carbocycles. The highest BCUT2D eigenvalue weighted by molar-refractivity contribution is 5.78. The molecular formula is C22H27N3O2. The molecule has 0 spiro atoms. The van der Waals surface area contributed by atoms with Crippen LogP contribution in [-0.2, 0) is 11.2 Å². The Bertz CT molecular complexity index is 913. The zero-order valence-electron chi connectivity index (χ0n) is 16.4. The molecule has 0 aliphatic rings. The number of ether oxygens (including phenoxy) is 1. The highest BCUT2D eigenvalue weighted by Gasteiger charge is 2.11. The number of carbonyl (C=O) groups is 1. The van der Waals surface area contributed by atoms with Crippen LogP contribution in [0.15, 0.2) is 42.5 Å². The van der Waals surface area contributed by atoms with Crippen molar-refractivity contribution in [1.82, 2.24) is 15.3 Å². The smallest absolute Gasteiger partial charge is 0.220 e. The predicted octanol–water partition coefficient (Wildman–Crippen LogP) is 4.50. The summed E-state index contributed by atoms with van der Waals surface area (Å²) in [6.07, 6.45) is 1.16. The van der Waals surface area contributed by atoms with Crippen molar-refractivity contribution >= 4 is 16.9 Å². The number of hydrogen-bond donors (Lipinski definition) is 2. The number of amides is 1. The van der Waals surface area contributed by atoms with E-state index in [1.54, 1.807) is 7.11 Å². The Labute approximate surface area is 160 Å². The van der Waals surface area contributed by atoms with E-state index in [9.17, 15) is 4.79 Å². The van der Waals surface area contributed by atoms with E-state index in [2.05, 4.69) is 35.2 Å². The fraction of sp³-hybridized carbons (Fsp3) is 0.364. The first-order valence-electron chi connectivity index (χ1n) is 9.38. The average molecular weight is 365 g/mol. The lowest BCUT2D eigenvalue weighted by atomic mass is 10.1. The lowest BCUT2D eigenvalue weighted by Gasteiger charge is -2.15. The monoisotopic (exact) mass is 365 g/mol. The van der Waals surface area contributed by atoms with Gasteiger partial charge in [0.25, 0.3) is 0 Å². The van der Waals surface area contributed by atoms with Crippen LogP contribution in [0.2, 0.25) is 0 Å². The molecule has 3 aromatic rings. The largest absolute Gasteiger partial charge is 0.497 e. The number of imidazole rings is 1. The third-order valence-electron chi connectivity index (χ3n) is 4.75. The molecule has 142 valence electrons. The van der Waals surface area contributed by atoms with Crippen LogP contribution in [0.3, 0.4) is 0 Å². The topological polar surface area (TPSA) is 67.0 Å². The second-order valence-electron chi connectivity index (χ2n) is 7.19. The van der Waals surface area contributed by atoms with Crippen molar-refractivity contribution in [3.8, 4) is 5.75 Å². The van der Waals surface area contributed by atoms with Crippen LogP contribution in [0.25, 0.3) is 11.0 Å².